The summed E-state index contributed by atoms with van der Waals surface area (Å²) in [4.78, 5) is 11.0. The molecule has 0 radical (unpaired) electrons. The van der Waals surface area contributed by atoms with Crippen molar-refractivity contribution < 1.29 is 4.79 Å². The average molecular weight is 295 g/mol. The third-order valence-corrected chi connectivity index (χ3v) is 6.35. The van der Waals surface area contributed by atoms with Crippen LogP contribution in [0.25, 0.3) is 0 Å². The van der Waals surface area contributed by atoms with Gasteiger partial charge in [-0.25, -0.2) is 0 Å². The highest BCUT2D eigenvalue weighted by atomic mass is 16.1. The largest absolute Gasteiger partial charge is 0.303 e. The number of aldehydes is 1. The first-order chi connectivity index (χ1) is 10.0. The Balaban J connectivity index is 2.41. The Bertz CT molecular complexity index is 286. The molecule has 1 saturated carbocycles. The zero-order chi connectivity index (χ0) is 15.8. The van der Waals surface area contributed by atoms with E-state index in [1.807, 2.05) is 0 Å². The van der Waals surface area contributed by atoms with Gasteiger partial charge in [-0.1, -0.05) is 60.3 Å². The number of rotatable bonds is 9. The lowest BCUT2D eigenvalue weighted by molar-refractivity contribution is -0.112. The van der Waals surface area contributed by atoms with Crippen molar-refractivity contribution in [3.05, 3.63) is 0 Å². The van der Waals surface area contributed by atoms with Crippen molar-refractivity contribution >= 4 is 6.29 Å². The summed E-state index contributed by atoms with van der Waals surface area (Å²) in [6.45, 7) is 11.9. The van der Waals surface area contributed by atoms with E-state index in [1.54, 1.807) is 0 Å². The molecule has 124 valence electrons. The standard InChI is InChI=1S/C20H38O/c1-6-15(3)8-9-16(4)17(5)12-20-11-10-18(14-21)13-19(20)7-2/h14-20H,6-13H2,1-5H3. The molecule has 1 nitrogen and oxygen atoms in total. The van der Waals surface area contributed by atoms with Crippen LogP contribution in [0.15, 0.2) is 0 Å². The first kappa shape index (κ1) is 18.7. The summed E-state index contributed by atoms with van der Waals surface area (Å²) in [6, 6.07) is 0. The second-order valence-corrected chi connectivity index (χ2v) is 7.92. The number of hydrogen-bond donors (Lipinski definition) is 0. The van der Waals surface area contributed by atoms with Gasteiger partial charge >= 0.3 is 0 Å². The Kier molecular flexibility index (Phi) is 8.59. The summed E-state index contributed by atoms with van der Waals surface area (Å²) in [7, 11) is 0. The minimum atomic E-state index is 0.351. The molecule has 0 aromatic carbocycles. The zero-order valence-corrected chi connectivity index (χ0v) is 15.1. The van der Waals surface area contributed by atoms with E-state index in [4.69, 9.17) is 0 Å². The van der Waals surface area contributed by atoms with Crippen molar-refractivity contribution in [2.75, 3.05) is 0 Å². The van der Waals surface area contributed by atoms with Crippen LogP contribution in [-0.2, 0) is 4.79 Å². The summed E-state index contributed by atoms with van der Waals surface area (Å²) in [5.74, 6) is 4.57. The maximum atomic E-state index is 11.0. The van der Waals surface area contributed by atoms with E-state index < -0.39 is 0 Å². The molecule has 0 N–H and O–H groups in total. The lowest BCUT2D eigenvalue weighted by Crippen LogP contribution is -2.27. The van der Waals surface area contributed by atoms with Crippen LogP contribution < -0.4 is 0 Å². The summed E-state index contributed by atoms with van der Waals surface area (Å²) < 4.78 is 0. The Hall–Kier alpha value is -0.330. The quantitative estimate of drug-likeness (QED) is 0.468. The van der Waals surface area contributed by atoms with Gasteiger partial charge in [0.1, 0.15) is 6.29 Å². The molecule has 1 rings (SSSR count). The molecule has 0 spiro atoms. The number of carbonyl (C=O) groups is 1. The summed E-state index contributed by atoms with van der Waals surface area (Å²) in [5, 5.41) is 0. The molecular weight excluding hydrogens is 256 g/mol. The van der Waals surface area contributed by atoms with Crippen LogP contribution in [0.3, 0.4) is 0 Å². The smallest absolute Gasteiger partial charge is 0.123 e. The van der Waals surface area contributed by atoms with Crippen molar-refractivity contribution in [3.63, 3.8) is 0 Å². The van der Waals surface area contributed by atoms with E-state index in [-0.39, 0.29) is 0 Å². The molecule has 0 bridgehead atoms. The Labute approximate surface area is 133 Å². The van der Waals surface area contributed by atoms with E-state index in [1.165, 1.54) is 44.8 Å². The number of hydrogen-bond acceptors (Lipinski definition) is 1. The molecule has 6 unspecified atom stereocenters. The van der Waals surface area contributed by atoms with Crippen LogP contribution in [0.2, 0.25) is 0 Å². The second-order valence-electron chi connectivity index (χ2n) is 7.92. The Morgan fingerprint density at radius 3 is 2.29 bits per heavy atom. The predicted octanol–water partition coefficient (Wildman–Crippen LogP) is 6.12. The lowest BCUT2D eigenvalue weighted by atomic mass is 9.69. The molecule has 21 heavy (non-hydrogen) atoms. The fourth-order valence-electron chi connectivity index (χ4n) is 4.04. The van der Waals surface area contributed by atoms with Gasteiger partial charge in [-0.05, 0) is 55.3 Å². The normalized spacial score (nSPS) is 30.6. The maximum Gasteiger partial charge on any atom is 0.123 e. The van der Waals surface area contributed by atoms with Crippen LogP contribution in [0.1, 0.15) is 86.0 Å². The van der Waals surface area contributed by atoms with Gasteiger partial charge in [-0.2, -0.15) is 0 Å². The first-order valence-electron chi connectivity index (χ1n) is 9.46. The van der Waals surface area contributed by atoms with Crippen molar-refractivity contribution in [3.8, 4) is 0 Å². The fraction of sp³-hybridized carbons (Fsp3) is 0.950. The highest BCUT2D eigenvalue weighted by Gasteiger charge is 2.30. The predicted molar refractivity (Wildman–Crippen MR) is 92.3 cm³/mol. The van der Waals surface area contributed by atoms with Gasteiger partial charge in [0, 0.05) is 5.92 Å². The maximum absolute atomic E-state index is 11.0. The van der Waals surface area contributed by atoms with Crippen LogP contribution in [0.4, 0.5) is 0 Å². The Morgan fingerprint density at radius 1 is 1.00 bits per heavy atom. The van der Waals surface area contributed by atoms with Crippen molar-refractivity contribution in [1.82, 2.24) is 0 Å². The van der Waals surface area contributed by atoms with Crippen molar-refractivity contribution in [2.45, 2.75) is 86.0 Å². The minimum Gasteiger partial charge on any atom is -0.303 e. The van der Waals surface area contributed by atoms with E-state index in [2.05, 4.69) is 34.6 Å². The molecular formula is C20H38O. The van der Waals surface area contributed by atoms with Crippen LogP contribution >= 0.6 is 0 Å². The van der Waals surface area contributed by atoms with Gasteiger partial charge in [0.25, 0.3) is 0 Å². The fourth-order valence-corrected chi connectivity index (χ4v) is 4.04. The van der Waals surface area contributed by atoms with Gasteiger partial charge in [0.2, 0.25) is 0 Å². The highest BCUT2D eigenvalue weighted by Crippen LogP contribution is 2.40. The molecule has 0 aromatic heterocycles. The Morgan fingerprint density at radius 2 is 1.71 bits per heavy atom. The lowest BCUT2D eigenvalue weighted by Gasteiger charge is -2.36. The molecule has 0 aliphatic heterocycles. The van der Waals surface area contributed by atoms with E-state index in [0.717, 1.165) is 42.4 Å². The van der Waals surface area contributed by atoms with Crippen LogP contribution in [0.5, 0.6) is 0 Å². The van der Waals surface area contributed by atoms with E-state index in [0.29, 0.717) is 5.92 Å². The second kappa shape index (κ2) is 9.64. The molecule has 0 aromatic rings. The van der Waals surface area contributed by atoms with Gasteiger partial charge in [0.05, 0.1) is 0 Å². The minimum absolute atomic E-state index is 0.351. The molecule has 1 aliphatic carbocycles. The zero-order valence-electron chi connectivity index (χ0n) is 15.1. The van der Waals surface area contributed by atoms with Gasteiger partial charge in [-0.15, -0.1) is 0 Å². The third kappa shape index (κ3) is 6.12. The SMILES string of the molecule is CCC(C)CCC(C)C(C)CC1CCC(C=O)CC1CC. The van der Waals surface area contributed by atoms with Crippen molar-refractivity contribution in [2.24, 2.45) is 35.5 Å². The molecule has 0 amide bonds. The first-order valence-corrected chi connectivity index (χ1v) is 9.46. The van der Waals surface area contributed by atoms with E-state index >= 15 is 0 Å². The van der Waals surface area contributed by atoms with Crippen LogP contribution in [-0.4, -0.2) is 6.29 Å². The average Bonchev–Trinajstić information content (AvgIpc) is 2.52. The van der Waals surface area contributed by atoms with Crippen molar-refractivity contribution in [1.29, 1.82) is 0 Å². The van der Waals surface area contributed by atoms with Gasteiger partial charge in [-0.3, -0.25) is 0 Å². The molecule has 0 heterocycles. The van der Waals surface area contributed by atoms with Gasteiger partial charge < -0.3 is 4.79 Å². The molecule has 6 atom stereocenters. The highest BCUT2D eigenvalue weighted by molar-refractivity contribution is 5.53. The molecule has 1 fully saturated rings. The summed E-state index contributed by atoms with van der Waals surface area (Å²) in [6.07, 6.45) is 11.5. The van der Waals surface area contributed by atoms with E-state index in [9.17, 15) is 4.79 Å². The van der Waals surface area contributed by atoms with Gasteiger partial charge in [0.15, 0.2) is 0 Å². The summed E-state index contributed by atoms with van der Waals surface area (Å²) in [5.41, 5.74) is 0. The third-order valence-electron chi connectivity index (χ3n) is 6.35. The molecule has 1 aliphatic rings. The molecule has 0 saturated heterocycles. The summed E-state index contributed by atoms with van der Waals surface area (Å²) >= 11 is 0. The number of carbonyl (C=O) groups excluding carboxylic acids is 1. The monoisotopic (exact) mass is 294 g/mol. The molecule has 1 heteroatoms. The van der Waals surface area contributed by atoms with Crippen LogP contribution in [0, 0.1) is 35.5 Å². The topological polar surface area (TPSA) is 17.1 Å².